The molecule has 1 aromatic rings. The van der Waals surface area contributed by atoms with Crippen molar-refractivity contribution in [2.75, 3.05) is 13.6 Å². The number of nitrogens with zero attached hydrogens (tertiary/aromatic N) is 1. The average Bonchev–Trinajstić information content (AvgIpc) is 2.89. The smallest absolute Gasteiger partial charge is 0.446 e. The van der Waals surface area contributed by atoms with Crippen LogP contribution in [0.4, 0.5) is 0 Å². The van der Waals surface area contributed by atoms with Gasteiger partial charge in [-0.2, -0.15) is 8.42 Å². The summed E-state index contributed by atoms with van der Waals surface area (Å²) in [5.74, 6) is -0.460. The first-order valence-electron chi connectivity index (χ1n) is 8.37. The highest BCUT2D eigenvalue weighted by Crippen LogP contribution is 2.63. The zero-order valence-corrected chi connectivity index (χ0v) is 14.7. The molecule has 2 heterocycles. The third-order valence-electron chi connectivity index (χ3n) is 6.29. The number of rotatable bonds is 2. The van der Waals surface area contributed by atoms with Crippen LogP contribution in [0.25, 0.3) is 0 Å². The summed E-state index contributed by atoms with van der Waals surface area (Å²) in [7, 11) is -2.78. The van der Waals surface area contributed by atoms with Crippen LogP contribution in [0, 0.1) is 5.92 Å². The Morgan fingerprint density at radius 1 is 1.42 bits per heavy atom. The molecule has 0 aromatic heterocycles. The molecule has 8 nitrogen and oxygen atoms in total. The first-order valence-corrected chi connectivity index (χ1v) is 9.74. The van der Waals surface area contributed by atoms with Crippen LogP contribution in [0.15, 0.2) is 18.2 Å². The summed E-state index contributed by atoms with van der Waals surface area (Å²) in [4.78, 5) is 14.8. The fraction of sp³-hybridized carbons (Fsp3) is 0.471. The lowest BCUT2D eigenvalue weighted by Crippen LogP contribution is -2.64. The summed E-state index contributed by atoms with van der Waals surface area (Å²) in [5.41, 5.74) is 0.649. The molecule has 1 fully saturated rings. The first-order chi connectivity index (χ1) is 12.2. The molecule has 2 N–H and O–H groups in total. The highest BCUT2D eigenvalue weighted by atomic mass is 32.3. The molecule has 0 amide bonds. The largest absolute Gasteiger partial charge is 0.508 e. The van der Waals surface area contributed by atoms with Crippen LogP contribution in [-0.2, 0) is 27.0 Å². The molecule has 0 unspecified atom stereocenters. The molecular weight excluding hydrogens is 362 g/mol. The van der Waals surface area contributed by atoms with Gasteiger partial charge in [-0.25, -0.2) is 0 Å². The summed E-state index contributed by atoms with van der Waals surface area (Å²) in [5, 5.41) is 10.5. The molecular formula is C17H17NO7S. The van der Waals surface area contributed by atoms with E-state index in [1.807, 2.05) is 13.1 Å². The van der Waals surface area contributed by atoms with Gasteiger partial charge < -0.3 is 18.9 Å². The Morgan fingerprint density at radius 3 is 2.92 bits per heavy atom. The topological polar surface area (TPSA) is 113 Å². The molecule has 1 spiro atoms. The van der Waals surface area contributed by atoms with Crippen molar-refractivity contribution >= 4 is 16.2 Å². The Labute approximate surface area is 150 Å². The minimum Gasteiger partial charge on any atom is -0.508 e. The van der Waals surface area contributed by atoms with Crippen LogP contribution in [0.2, 0.25) is 0 Å². The van der Waals surface area contributed by atoms with E-state index in [4.69, 9.17) is 9.29 Å². The van der Waals surface area contributed by atoms with Crippen LogP contribution in [0.3, 0.4) is 0 Å². The van der Waals surface area contributed by atoms with Crippen molar-refractivity contribution in [3.63, 3.8) is 0 Å². The number of likely N-dealkylation sites (tertiary alicyclic amines) is 1. The van der Waals surface area contributed by atoms with Crippen LogP contribution < -0.4 is 8.92 Å². The van der Waals surface area contributed by atoms with Gasteiger partial charge in [-0.1, -0.05) is 6.08 Å². The van der Waals surface area contributed by atoms with E-state index in [9.17, 15) is 18.3 Å². The van der Waals surface area contributed by atoms with Gasteiger partial charge in [0.05, 0.1) is 5.41 Å². The van der Waals surface area contributed by atoms with Crippen LogP contribution in [0.1, 0.15) is 17.5 Å². The number of piperidine rings is 1. The third kappa shape index (κ3) is 1.85. The first kappa shape index (κ1) is 16.1. The second-order valence-corrected chi connectivity index (χ2v) is 8.44. The minimum atomic E-state index is -4.80. The number of carbonyl (C=O) groups excluding carboxylic acids is 1. The quantitative estimate of drug-likeness (QED) is 0.718. The summed E-state index contributed by atoms with van der Waals surface area (Å²) in [6.45, 7) is 0.755. The van der Waals surface area contributed by atoms with Crippen LogP contribution >= 0.6 is 0 Å². The van der Waals surface area contributed by atoms with E-state index in [-0.39, 0.29) is 35.0 Å². The van der Waals surface area contributed by atoms with E-state index in [0.29, 0.717) is 24.0 Å². The van der Waals surface area contributed by atoms with Crippen molar-refractivity contribution in [2.45, 2.75) is 30.4 Å². The van der Waals surface area contributed by atoms with E-state index in [1.54, 1.807) is 0 Å². The number of benzene rings is 1. The second kappa shape index (κ2) is 4.79. The number of hydrogen-bond donors (Lipinski definition) is 2. The maximum absolute atomic E-state index is 12.6. The Hall–Kier alpha value is -2.10. The lowest BCUT2D eigenvalue weighted by atomic mass is 9.53. The molecule has 2 aliphatic carbocycles. The van der Waals surface area contributed by atoms with Gasteiger partial charge in [-0.15, -0.1) is 0 Å². The molecule has 9 heteroatoms. The van der Waals surface area contributed by atoms with Crippen molar-refractivity contribution in [3.05, 3.63) is 29.3 Å². The Morgan fingerprint density at radius 2 is 2.19 bits per heavy atom. The van der Waals surface area contributed by atoms with E-state index < -0.39 is 21.9 Å². The SMILES string of the molecule is CN1CC[C@]23c4c5c(O)cc(OS(=O)(=O)O)c4O[C@H]2C(=O)C=C[C@H]3[C@H]1C5. The maximum Gasteiger partial charge on any atom is 0.446 e. The van der Waals surface area contributed by atoms with Crippen molar-refractivity contribution in [1.82, 2.24) is 4.90 Å². The van der Waals surface area contributed by atoms with Gasteiger partial charge in [0, 0.05) is 29.2 Å². The van der Waals surface area contributed by atoms with Gasteiger partial charge in [0.25, 0.3) is 0 Å². The van der Waals surface area contributed by atoms with Gasteiger partial charge in [-0.3, -0.25) is 9.35 Å². The number of ketones is 1. The van der Waals surface area contributed by atoms with E-state index in [1.165, 1.54) is 6.08 Å². The number of ether oxygens (including phenoxy) is 1. The highest BCUT2D eigenvalue weighted by molar-refractivity contribution is 7.81. The predicted octanol–water partition coefficient (Wildman–Crippen LogP) is 0.588. The van der Waals surface area contributed by atoms with Gasteiger partial charge in [0.15, 0.2) is 23.4 Å². The monoisotopic (exact) mass is 379 g/mol. The Balaban J connectivity index is 1.82. The molecule has 1 saturated heterocycles. The maximum atomic E-state index is 12.6. The lowest BCUT2D eigenvalue weighted by Gasteiger charge is -2.55. The Kier molecular flexibility index (Phi) is 2.96. The number of likely N-dealkylation sites (N-methyl/N-ethyl adjacent to an activating group) is 1. The molecule has 0 saturated carbocycles. The molecule has 2 aliphatic heterocycles. The van der Waals surface area contributed by atoms with Crippen molar-refractivity contribution in [3.8, 4) is 17.2 Å². The molecule has 4 atom stereocenters. The van der Waals surface area contributed by atoms with Gasteiger partial charge in [0.2, 0.25) is 0 Å². The van der Waals surface area contributed by atoms with Crippen molar-refractivity contribution in [2.24, 2.45) is 5.92 Å². The molecule has 1 aromatic carbocycles. The Bertz CT molecular complexity index is 985. The van der Waals surface area contributed by atoms with Crippen molar-refractivity contribution in [1.29, 1.82) is 0 Å². The van der Waals surface area contributed by atoms with Gasteiger partial charge in [0.1, 0.15) is 5.75 Å². The van der Waals surface area contributed by atoms with E-state index in [0.717, 1.165) is 12.6 Å². The second-order valence-electron chi connectivity index (χ2n) is 7.42. The molecule has 2 bridgehead atoms. The highest BCUT2D eigenvalue weighted by Gasteiger charge is 2.65. The lowest BCUT2D eigenvalue weighted by molar-refractivity contribution is -0.127. The number of aromatic hydroxyl groups is 1. The van der Waals surface area contributed by atoms with Crippen molar-refractivity contribution < 1.29 is 31.8 Å². The van der Waals surface area contributed by atoms with Gasteiger partial charge >= 0.3 is 10.4 Å². The standard InChI is InChI=1S/C17H17NO7S/c1-18-5-4-17-9-2-3-11(19)16(17)24-15-13(25-26(21,22)23)7-12(20)8(14(15)17)6-10(9)18/h2-3,7,9-10,16,20H,4-6H2,1H3,(H,21,22,23)/t9-,10+,16-,17-/m0/s1. The van der Waals surface area contributed by atoms with E-state index in [2.05, 4.69) is 9.08 Å². The number of carbonyl (C=O) groups is 1. The average molecular weight is 379 g/mol. The molecule has 4 aliphatic rings. The third-order valence-corrected chi connectivity index (χ3v) is 6.68. The summed E-state index contributed by atoms with van der Waals surface area (Å²) < 4.78 is 42.1. The number of phenols is 1. The van der Waals surface area contributed by atoms with Crippen LogP contribution in [-0.4, -0.2) is 54.5 Å². The summed E-state index contributed by atoms with van der Waals surface area (Å²) >= 11 is 0. The number of hydrogen-bond acceptors (Lipinski definition) is 7. The fourth-order valence-corrected chi connectivity index (χ4v) is 5.66. The molecule has 5 rings (SSSR count). The number of phenolic OH excluding ortho intramolecular Hbond substituents is 1. The predicted molar refractivity (Wildman–Crippen MR) is 88.8 cm³/mol. The fourth-order valence-electron chi connectivity index (χ4n) is 5.31. The summed E-state index contributed by atoms with van der Waals surface area (Å²) in [6, 6.07) is 1.24. The van der Waals surface area contributed by atoms with Crippen LogP contribution in [0.5, 0.6) is 17.2 Å². The molecule has 0 radical (unpaired) electrons. The minimum absolute atomic E-state index is 0.0121. The zero-order chi connectivity index (χ0) is 18.4. The van der Waals surface area contributed by atoms with E-state index >= 15 is 0 Å². The molecule has 138 valence electrons. The zero-order valence-electron chi connectivity index (χ0n) is 13.9. The normalized spacial score (nSPS) is 34.4. The van der Waals surface area contributed by atoms with Gasteiger partial charge in [-0.05, 0) is 32.5 Å². The molecule has 26 heavy (non-hydrogen) atoms. The summed E-state index contributed by atoms with van der Waals surface area (Å²) in [6.07, 6.45) is 3.85.